The fraction of sp³-hybridized carbons (Fsp3) is 0. The predicted molar refractivity (Wildman–Crippen MR) is 78.3 cm³/mol. The van der Waals surface area contributed by atoms with E-state index in [0.29, 0.717) is 22.3 Å². The van der Waals surface area contributed by atoms with Gasteiger partial charge in [-0.05, 0) is 30.3 Å². The molecular weight excluding hydrogens is 271 g/mol. The number of fused-ring (bicyclic) bond motifs is 1. The van der Waals surface area contributed by atoms with Crippen molar-refractivity contribution in [2.45, 2.75) is 0 Å². The van der Waals surface area contributed by atoms with Crippen LogP contribution in [0.3, 0.4) is 0 Å². The van der Waals surface area contributed by atoms with Crippen molar-refractivity contribution in [1.29, 1.82) is 0 Å². The highest BCUT2D eigenvalue weighted by Crippen LogP contribution is 2.26. The van der Waals surface area contributed by atoms with Crippen LogP contribution in [0.5, 0.6) is 0 Å². The smallest absolute Gasteiger partial charge is 0.258 e. The third kappa shape index (κ3) is 2.38. The van der Waals surface area contributed by atoms with E-state index in [1.54, 1.807) is 30.5 Å². The van der Waals surface area contributed by atoms with Crippen molar-refractivity contribution in [3.05, 3.63) is 60.3 Å². The van der Waals surface area contributed by atoms with Crippen LogP contribution >= 0.6 is 0 Å². The van der Waals surface area contributed by atoms with Gasteiger partial charge in [0, 0.05) is 17.8 Å². The van der Waals surface area contributed by atoms with Crippen molar-refractivity contribution in [1.82, 2.24) is 9.97 Å². The standard InChI is InChI=1S/C15H11FN4O/c16-11-8-18-7-5-9(11)15(21)20-13-4-3-12(17)14-10(13)2-1-6-19-14/h1-8H,17H2,(H,20,21). The number of carbonyl (C=O) groups is 1. The van der Waals surface area contributed by atoms with Crippen molar-refractivity contribution in [2.75, 3.05) is 11.1 Å². The molecule has 0 saturated heterocycles. The Kier molecular flexibility index (Phi) is 3.19. The number of hydrogen-bond donors (Lipinski definition) is 2. The Labute approximate surface area is 119 Å². The Bertz CT molecular complexity index is 835. The number of nitrogens with one attached hydrogen (secondary N) is 1. The molecule has 0 unspecified atom stereocenters. The van der Waals surface area contributed by atoms with Crippen molar-refractivity contribution < 1.29 is 9.18 Å². The molecule has 0 atom stereocenters. The lowest BCUT2D eigenvalue weighted by molar-refractivity contribution is 0.102. The summed E-state index contributed by atoms with van der Waals surface area (Å²) in [5.74, 6) is -1.22. The number of pyridine rings is 2. The molecule has 1 amide bonds. The molecule has 0 bridgehead atoms. The Morgan fingerprint density at radius 1 is 1.19 bits per heavy atom. The SMILES string of the molecule is Nc1ccc(NC(=O)c2ccncc2F)c2cccnc12. The van der Waals surface area contributed by atoms with Crippen LogP contribution in [0.1, 0.15) is 10.4 Å². The molecule has 0 saturated carbocycles. The molecular formula is C15H11FN4O. The molecule has 2 heterocycles. The van der Waals surface area contributed by atoms with Gasteiger partial charge in [-0.15, -0.1) is 0 Å². The molecule has 0 fully saturated rings. The van der Waals surface area contributed by atoms with Gasteiger partial charge in [0.05, 0.1) is 28.7 Å². The minimum atomic E-state index is -0.673. The molecule has 3 N–H and O–H groups in total. The minimum absolute atomic E-state index is 0.0705. The molecule has 3 rings (SSSR count). The Morgan fingerprint density at radius 2 is 2.05 bits per heavy atom. The molecule has 104 valence electrons. The summed E-state index contributed by atoms with van der Waals surface area (Å²) >= 11 is 0. The van der Waals surface area contributed by atoms with Gasteiger partial charge < -0.3 is 11.1 Å². The molecule has 0 spiro atoms. The number of halogens is 1. The number of rotatable bonds is 2. The first-order chi connectivity index (χ1) is 10.2. The normalized spacial score (nSPS) is 10.5. The van der Waals surface area contributed by atoms with Gasteiger partial charge in [-0.3, -0.25) is 14.8 Å². The Hall–Kier alpha value is -3.02. The highest BCUT2D eigenvalue weighted by atomic mass is 19.1. The number of aromatic nitrogens is 2. The van der Waals surface area contributed by atoms with Crippen LogP contribution in [-0.2, 0) is 0 Å². The molecule has 5 nitrogen and oxygen atoms in total. The molecule has 0 aliphatic carbocycles. The Morgan fingerprint density at radius 3 is 2.86 bits per heavy atom. The summed E-state index contributed by atoms with van der Waals surface area (Å²) in [7, 11) is 0. The van der Waals surface area contributed by atoms with E-state index in [1.807, 2.05) is 0 Å². The number of benzene rings is 1. The summed E-state index contributed by atoms with van der Waals surface area (Å²) in [5.41, 5.74) is 7.40. The van der Waals surface area contributed by atoms with Gasteiger partial charge in [0.2, 0.25) is 0 Å². The van der Waals surface area contributed by atoms with Crippen LogP contribution < -0.4 is 11.1 Å². The molecule has 3 aromatic rings. The lowest BCUT2D eigenvalue weighted by Gasteiger charge is -2.10. The largest absolute Gasteiger partial charge is 0.397 e. The summed E-state index contributed by atoms with van der Waals surface area (Å²) < 4.78 is 13.6. The molecule has 0 aliphatic heterocycles. The molecule has 0 radical (unpaired) electrons. The van der Waals surface area contributed by atoms with Gasteiger partial charge in [0.15, 0.2) is 5.82 Å². The number of anilines is 2. The second-order valence-electron chi connectivity index (χ2n) is 4.41. The quantitative estimate of drug-likeness (QED) is 0.708. The zero-order valence-corrected chi connectivity index (χ0v) is 10.9. The summed E-state index contributed by atoms with van der Waals surface area (Å²) in [6, 6.07) is 8.16. The summed E-state index contributed by atoms with van der Waals surface area (Å²) in [6.45, 7) is 0. The van der Waals surface area contributed by atoms with E-state index in [1.165, 1.54) is 12.3 Å². The zero-order valence-electron chi connectivity index (χ0n) is 10.9. The summed E-state index contributed by atoms with van der Waals surface area (Å²) in [6.07, 6.45) is 3.98. The first-order valence-corrected chi connectivity index (χ1v) is 6.21. The van der Waals surface area contributed by atoms with Gasteiger partial charge >= 0.3 is 0 Å². The van der Waals surface area contributed by atoms with E-state index in [9.17, 15) is 9.18 Å². The van der Waals surface area contributed by atoms with E-state index in [2.05, 4.69) is 15.3 Å². The number of hydrogen-bond acceptors (Lipinski definition) is 4. The predicted octanol–water partition coefficient (Wildman–Crippen LogP) is 2.60. The number of nitrogens with two attached hydrogens (primary N) is 1. The fourth-order valence-corrected chi connectivity index (χ4v) is 2.05. The van der Waals surface area contributed by atoms with Crippen LogP contribution in [0, 0.1) is 5.82 Å². The second kappa shape index (κ2) is 5.16. The number of carbonyl (C=O) groups excluding carboxylic acids is 1. The average Bonchev–Trinajstić information content (AvgIpc) is 2.51. The minimum Gasteiger partial charge on any atom is -0.397 e. The number of amides is 1. The maximum atomic E-state index is 13.6. The van der Waals surface area contributed by atoms with E-state index in [4.69, 9.17) is 5.73 Å². The lowest BCUT2D eigenvalue weighted by Crippen LogP contribution is -2.14. The van der Waals surface area contributed by atoms with Crippen LogP contribution in [0.2, 0.25) is 0 Å². The first-order valence-electron chi connectivity index (χ1n) is 6.21. The highest BCUT2D eigenvalue weighted by Gasteiger charge is 2.13. The topological polar surface area (TPSA) is 80.9 Å². The van der Waals surface area contributed by atoms with Gasteiger partial charge in [-0.25, -0.2) is 4.39 Å². The van der Waals surface area contributed by atoms with Crippen molar-refractivity contribution >= 4 is 28.2 Å². The molecule has 0 aliphatic rings. The number of nitrogens with zero attached hydrogens (tertiary/aromatic N) is 2. The molecule has 2 aromatic heterocycles. The second-order valence-corrected chi connectivity index (χ2v) is 4.41. The summed E-state index contributed by atoms with van der Waals surface area (Å²) in [4.78, 5) is 19.9. The van der Waals surface area contributed by atoms with Gasteiger partial charge in [-0.2, -0.15) is 0 Å². The monoisotopic (exact) mass is 282 g/mol. The van der Waals surface area contributed by atoms with E-state index in [0.717, 1.165) is 6.20 Å². The Balaban J connectivity index is 2.01. The first kappa shape index (κ1) is 13.0. The van der Waals surface area contributed by atoms with Crippen molar-refractivity contribution in [2.24, 2.45) is 0 Å². The van der Waals surface area contributed by atoms with Crippen molar-refractivity contribution in [3.63, 3.8) is 0 Å². The highest BCUT2D eigenvalue weighted by molar-refractivity contribution is 6.10. The fourth-order valence-electron chi connectivity index (χ4n) is 2.05. The molecule has 6 heteroatoms. The third-order valence-electron chi connectivity index (χ3n) is 3.07. The van der Waals surface area contributed by atoms with E-state index >= 15 is 0 Å². The van der Waals surface area contributed by atoms with Crippen LogP contribution in [0.4, 0.5) is 15.8 Å². The maximum absolute atomic E-state index is 13.6. The van der Waals surface area contributed by atoms with Crippen LogP contribution in [-0.4, -0.2) is 15.9 Å². The van der Waals surface area contributed by atoms with Gasteiger partial charge in [-0.1, -0.05) is 0 Å². The van der Waals surface area contributed by atoms with Gasteiger partial charge in [0.25, 0.3) is 5.91 Å². The zero-order chi connectivity index (χ0) is 14.8. The van der Waals surface area contributed by atoms with Crippen molar-refractivity contribution in [3.8, 4) is 0 Å². The lowest BCUT2D eigenvalue weighted by atomic mass is 10.1. The third-order valence-corrected chi connectivity index (χ3v) is 3.07. The maximum Gasteiger partial charge on any atom is 0.258 e. The summed E-state index contributed by atoms with van der Waals surface area (Å²) in [5, 5.41) is 3.36. The van der Waals surface area contributed by atoms with E-state index in [-0.39, 0.29) is 5.56 Å². The van der Waals surface area contributed by atoms with Crippen LogP contribution in [0.15, 0.2) is 48.9 Å². The molecule has 21 heavy (non-hydrogen) atoms. The molecule has 1 aromatic carbocycles. The number of nitrogen functional groups attached to an aromatic ring is 1. The van der Waals surface area contributed by atoms with Crippen LogP contribution in [0.25, 0.3) is 10.9 Å². The van der Waals surface area contributed by atoms with Gasteiger partial charge in [0.1, 0.15) is 0 Å². The average molecular weight is 282 g/mol. The van der Waals surface area contributed by atoms with E-state index < -0.39 is 11.7 Å².